The van der Waals surface area contributed by atoms with Gasteiger partial charge in [0.25, 0.3) is 0 Å². The van der Waals surface area contributed by atoms with E-state index < -0.39 is 5.41 Å². The molecule has 272 valence electrons. The maximum Gasteiger partial charge on any atom is 0.132 e. The predicted octanol–water partition coefficient (Wildman–Crippen LogP) is 14.4. The molecule has 0 radical (unpaired) electrons. The van der Waals surface area contributed by atoms with Crippen molar-refractivity contribution in [3.05, 3.63) is 241 Å². The van der Waals surface area contributed by atoms with Gasteiger partial charge >= 0.3 is 0 Å². The molecular formula is C55H36N2O. The van der Waals surface area contributed by atoms with Crippen molar-refractivity contribution in [3.63, 3.8) is 0 Å². The number of fused-ring (bicyclic) bond motifs is 11. The predicted molar refractivity (Wildman–Crippen MR) is 238 cm³/mol. The van der Waals surface area contributed by atoms with Crippen LogP contribution < -0.4 is 9.64 Å². The summed E-state index contributed by atoms with van der Waals surface area (Å²) in [7, 11) is 0. The van der Waals surface area contributed by atoms with E-state index in [-0.39, 0.29) is 0 Å². The maximum atomic E-state index is 6.83. The standard InChI is InChI=1S/C55H36N2O/c1-3-14-37(15-4-1)38-26-31-42(32-27-38)56(41-16-5-2-6-17-41)43-33-28-39(29-34-43)40-30-35-53-49(36-40)55(47-21-9-12-25-52(47)58-53)46-20-8-11-24-51(46)57-50-23-10-7-18-44(50)45-19-13-22-48(55)54(45)57/h1-36H. The van der Waals surface area contributed by atoms with Crippen LogP contribution in [0, 0.1) is 0 Å². The van der Waals surface area contributed by atoms with Crippen LogP contribution in [0.5, 0.6) is 11.5 Å². The Kier molecular flexibility index (Phi) is 7.14. The minimum Gasteiger partial charge on any atom is -0.457 e. The lowest BCUT2D eigenvalue weighted by Crippen LogP contribution is -2.37. The van der Waals surface area contributed by atoms with Gasteiger partial charge in [-0.25, -0.2) is 0 Å². The van der Waals surface area contributed by atoms with Gasteiger partial charge in [0.1, 0.15) is 11.5 Å². The Morgan fingerprint density at radius 2 is 0.897 bits per heavy atom. The van der Waals surface area contributed by atoms with Crippen LogP contribution in [0.2, 0.25) is 0 Å². The maximum absolute atomic E-state index is 6.83. The number of aromatic nitrogens is 1. The molecule has 0 saturated carbocycles. The van der Waals surface area contributed by atoms with Gasteiger partial charge in [-0.1, -0.05) is 152 Å². The van der Waals surface area contributed by atoms with Gasteiger partial charge in [-0.3, -0.25) is 0 Å². The summed E-state index contributed by atoms with van der Waals surface area (Å²) in [5, 5.41) is 2.52. The van der Waals surface area contributed by atoms with E-state index in [2.05, 4.69) is 228 Å². The van der Waals surface area contributed by atoms with Gasteiger partial charge in [-0.05, 0) is 100 Å². The van der Waals surface area contributed by atoms with Crippen LogP contribution in [0.1, 0.15) is 22.3 Å². The Morgan fingerprint density at radius 1 is 0.362 bits per heavy atom. The topological polar surface area (TPSA) is 17.4 Å². The first-order valence-corrected chi connectivity index (χ1v) is 19.9. The molecule has 0 bridgehead atoms. The van der Waals surface area contributed by atoms with E-state index in [9.17, 15) is 0 Å². The normalized spacial score (nSPS) is 14.8. The molecule has 2 aliphatic heterocycles. The summed E-state index contributed by atoms with van der Waals surface area (Å²) in [4.78, 5) is 2.32. The van der Waals surface area contributed by atoms with E-state index in [1.807, 2.05) is 0 Å². The number of hydrogen-bond donors (Lipinski definition) is 0. The molecule has 12 rings (SSSR count). The molecular weight excluding hydrogens is 705 g/mol. The van der Waals surface area contributed by atoms with Gasteiger partial charge in [0.15, 0.2) is 0 Å². The summed E-state index contributed by atoms with van der Waals surface area (Å²) in [6.45, 7) is 0. The van der Waals surface area contributed by atoms with Crippen molar-refractivity contribution >= 4 is 38.9 Å². The molecule has 9 aromatic carbocycles. The van der Waals surface area contributed by atoms with Crippen molar-refractivity contribution in [2.24, 2.45) is 0 Å². The molecule has 0 aliphatic carbocycles. The third-order valence-electron chi connectivity index (χ3n) is 12.2. The van der Waals surface area contributed by atoms with Crippen LogP contribution in [-0.2, 0) is 5.41 Å². The summed E-state index contributed by atoms with van der Waals surface area (Å²) in [6, 6.07) is 79.0. The second kappa shape index (κ2) is 12.7. The van der Waals surface area contributed by atoms with E-state index >= 15 is 0 Å². The fraction of sp³-hybridized carbons (Fsp3) is 0.0182. The van der Waals surface area contributed by atoms with Crippen LogP contribution in [0.4, 0.5) is 17.1 Å². The van der Waals surface area contributed by atoms with Gasteiger partial charge < -0.3 is 14.2 Å². The minimum atomic E-state index is -0.614. The average molecular weight is 741 g/mol. The Hall–Kier alpha value is -7.62. The van der Waals surface area contributed by atoms with E-state index in [1.54, 1.807) is 0 Å². The van der Waals surface area contributed by atoms with Gasteiger partial charge in [0, 0.05) is 39.0 Å². The van der Waals surface area contributed by atoms with E-state index in [1.165, 1.54) is 49.7 Å². The molecule has 3 nitrogen and oxygen atoms in total. The lowest BCUT2D eigenvalue weighted by atomic mass is 9.61. The minimum absolute atomic E-state index is 0.614. The van der Waals surface area contributed by atoms with Gasteiger partial charge in [0.2, 0.25) is 0 Å². The second-order valence-electron chi connectivity index (χ2n) is 15.3. The van der Waals surface area contributed by atoms with E-state index in [4.69, 9.17) is 4.74 Å². The van der Waals surface area contributed by atoms with Crippen LogP contribution in [0.15, 0.2) is 218 Å². The quantitative estimate of drug-likeness (QED) is 0.175. The highest BCUT2D eigenvalue weighted by molar-refractivity contribution is 6.12. The van der Waals surface area contributed by atoms with Gasteiger partial charge in [0.05, 0.1) is 22.1 Å². The summed E-state index contributed by atoms with van der Waals surface area (Å²) >= 11 is 0. The molecule has 0 amide bonds. The van der Waals surface area contributed by atoms with Crippen molar-refractivity contribution in [1.29, 1.82) is 0 Å². The monoisotopic (exact) mass is 740 g/mol. The molecule has 0 fully saturated rings. The van der Waals surface area contributed by atoms with Crippen LogP contribution in [0.3, 0.4) is 0 Å². The molecule has 3 heteroatoms. The smallest absolute Gasteiger partial charge is 0.132 e. The molecule has 1 unspecified atom stereocenters. The van der Waals surface area contributed by atoms with Gasteiger partial charge in [-0.2, -0.15) is 0 Å². The lowest BCUT2D eigenvalue weighted by Gasteiger charge is -2.45. The molecule has 1 spiro atoms. The zero-order valence-corrected chi connectivity index (χ0v) is 31.6. The fourth-order valence-electron chi connectivity index (χ4n) is 9.76. The SMILES string of the molecule is c1ccc(-c2ccc(N(c3ccccc3)c3ccc(-c4ccc5c(c4)C4(c6ccccc6O5)c5ccccc5-n5c6ccccc6c6cccc4c65)cc3)cc2)cc1. The first-order chi connectivity index (χ1) is 28.8. The summed E-state index contributed by atoms with van der Waals surface area (Å²) in [5.41, 5.74) is 15.9. The fourth-order valence-corrected chi connectivity index (χ4v) is 9.76. The summed E-state index contributed by atoms with van der Waals surface area (Å²) in [5.74, 6) is 1.77. The van der Waals surface area contributed by atoms with Crippen molar-refractivity contribution in [2.45, 2.75) is 5.41 Å². The second-order valence-corrected chi connectivity index (χ2v) is 15.3. The number of nitrogens with zero attached hydrogens (tertiary/aromatic N) is 2. The van der Waals surface area contributed by atoms with E-state index in [0.717, 1.165) is 50.8 Å². The number of ether oxygens (including phenoxy) is 1. The molecule has 0 N–H and O–H groups in total. The average Bonchev–Trinajstić information content (AvgIpc) is 3.64. The molecule has 3 heterocycles. The van der Waals surface area contributed by atoms with Crippen LogP contribution in [-0.4, -0.2) is 4.57 Å². The Bertz CT molecular complexity index is 3180. The Morgan fingerprint density at radius 3 is 1.67 bits per heavy atom. The van der Waals surface area contributed by atoms with Crippen molar-refractivity contribution in [2.75, 3.05) is 4.90 Å². The van der Waals surface area contributed by atoms with Crippen molar-refractivity contribution in [3.8, 4) is 39.4 Å². The highest BCUT2D eigenvalue weighted by Gasteiger charge is 2.50. The first kappa shape index (κ1) is 32.6. The number of hydrogen-bond acceptors (Lipinski definition) is 2. The molecule has 58 heavy (non-hydrogen) atoms. The molecule has 10 aromatic rings. The van der Waals surface area contributed by atoms with Gasteiger partial charge in [-0.15, -0.1) is 0 Å². The third kappa shape index (κ3) is 4.68. The van der Waals surface area contributed by atoms with Crippen LogP contribution >= 0.6 is 0 Å². The molecule has 0 saturated heterocycles. The highest BCUT2D eigenvalue weighted by atomic mass is 16.5. The number of benzene rings is 9. The largest absolute Gasteiger partial charge is 0.457 e. The third-order valence-corrected chi connectivity index (χ3v) is 12.2. The lowest BCUT2D eigenvalue weighted by molar-refractivity contribution is 0.434. The highest BCUT2D eigenvalue weighted by Crippen LogP contribution is 2.60. The van der Waals surface area contributed by atoms with Crippen molar-refractivity contribution in [1.82, 2.24) is 4.57 Å². The first-order valence-electron chi connectivity index (χ1n) is 19.9. The number of anilines is 3. The summed E-state index contributed by atoms with van der Waals surface area (Å²) < 4.78 is 9.31. The Labute approximate surface area is 337 Å². The zero-order chi connectivity index (χ0) is 38.2. The Balaban J connectivity index is 1.02. The zero-order valence-electron chi connectivity index (χ0n) is 31.6. The molecule has 2 aliphatic rings. The number of rotatable bonds is 5. The molecule has 1 aromatic heterocycles. The number of para-hydroxylation sites is 5. The van der Waals surface area contributed by atoms with Crippen LogP contribution in [0.25, 0.3) is 49.7 Å². The van der Waals surface area contributed by atoms with E-state index in [0.29, 0.717) is 0 Å². The van der Waals surface area contributed by atoms with Crippen molar-refractivity contribution < 1.29 is 4.74 Å². The summed E-state index contributed by atoms with van der Waals surface area (Å²) in [6.07, 6.45) is 0. The molecule has 1 atom stereocenters.